The maximum Gasteiger partial charge on any atom is 0.338 e. The summed E-state index contributed by atoms with van der Waals surface area (Å²) in [6.07, 6.45) is 1.64. The van der Waals surface area contributed by atoms with Crippen molar-refractivity contribution in [2.75, 3.05) is 0 Å². The number of pyridine rings is 1. The Morgan fingerprint density at radius 1 is 1.29 bits per heavy atom. The van der Waals surface area contributed by atoms with E-state index >= 15 is 0 Å². The van der Waals surface area contributed by atoms with Gasteiger partial charge in [-0.3, -0.25) is 9.20 Å². The number of aromatic nitrogens is 2. The molecule has 1 aromatic carbocycles. The molecule has 118 valence electrons. The fourth-order valence-corrected chi connectivity index (χ4v) is 2.29. The molecule has 0 fully saturated rings. The van der Waals surface area contributed by atoms with Gasteiger partial charge in [0, 0.05) is 12.3 Å². The van der Waals surface area contributed by atoms with Crippen molar-refractivity contribution in [3.63, 3.8) is 0 Å². The molecular formula is C18H13N3O3. The molecule has 0 saturated carbocycles. The summed E-state index contributed by atoms with van der Waals surface area (Å²) in [4.78, 5) is 28.5. The molecule has 0 atom stereocenters. The molecule has 3 aromatic rings. The second-order valence-electron chi connectivity index (χ2n) is 5.24. The third-order valence-corrected chi connectivity index (χ3v) is 3.54. The van der Waals surface area contributed by atoms with E-state index in [1.165, 1.54) is 22.6 Å². The topological polar surface area (TPSA) is 84.5 Å². The first-order chi connectivity index (χ1) is 11.6. The van der Waals surface area contributed by atoms with Crippen LogP contribution in [0.1, 0.15) is 27.2 Å². The van der Waals surface area contributed by atoms with Gasteiger partial charge in [-0.1, -0.05) is 6.07 Å². The molecule has 6 nitrogen and oxygen atoms in total. The molecule has 6 heteroatoms. The van der Waals surface area contributed by atoms with Crippen molar-refractivity contribution < 1.29 is 9.53 Å². The fourth-order valence-electron chi connectivity index (χ4n) is 2.29. The van der Waals surface area contributed by atoms with Crippen LogP contribution in [0.15, 0.2) is 53.5 Å². The highest BCUT2D eigenvalue weighted by Gasteiger charge is 2.10. The molecule has 3 rings (SSSR count). The van der Waals surface area contributed by atoms with Gasteiger partial charge in [0.05, 0.1) is 22.9 Å². The van der Waals surface area contributed by atoms with E-state index in [9.17, 15) is 9.59 Å². The van der Waals surface area contributed by atoms with E-state index in [-0.39, 0.29) is 12.2 Å². The van der Waals surface area contributed by atoms with Crippen LogP contribution < -0.4 is 5.56 Å². The first-order valence-corrected chi connectivity index (χ1v) is 7.23. The number of carbonyl (C=O) groups excluding carboxylic acids is 1. The van der Waals surface area contributed by atoms with Gasteiger partial charge in [-0.25, -0.2) is 9.78 Å². The largest absolute Gasteiger partial charge is 0.456 e. The van der Waals surface area contributed by atoms with Crippen LogP contribution in [0.2, 0.25) is 0 Å². The third kappa shape index (κ3) is 3.01. The molecule has 0 N–H and O–H groups in total. The number of ether oxygens (including phenoxy) is 1. The molecule has 2 aromatic heterocycles. The molecular weight excluding hydrogens is 306 g/mol. The molecule has 0 aliphatic rings. The zero-order valence-electron chi connectivity index (χ0n) is 12.9. The predicted octanol–water partition coefficient (Wildman–Crippen LogP) is 2.23. The van der Waals surface area contributed by atoms with Crippen LogP contribution in [-0.4, -0.2) is 15.4 Å². The number of fused-ring (bicyclic) bond motifs is 1. The molecule has 0 bridgehead atoms. The minimum atomic E-state index is -0.536. The number of nitriles is 1. The molecule has 2 heterocycles. The number of rotatable bonds is 3. The summed E-state index contributed by atoms with van der Waals surface area (Å²) in [7, 11) is 0. The molecule has 0 aliphatic heterocycles. The van der Waals surface area contributed by atoms with Crippen LogP contribution in [0, 0.1) is 18.3 Å². The number of nitrogens with zero attached hydrogens (tertiary/aromatic N) is 3. The van der Waals surface area contributed by atoms with Gasteiger partial charge in [0.1, 0.15) is 12.3 Å². The lowest BCUT2D eigenvalue weighted by molar-refractivity contribution is 0.0467. The predicted molar refractivity (Wildman–Crippen MR) is 86.5 cm³/mol. The van der Waals surface area contributed by atoms with Crippen molar-refractivity contribution in [2.24, 2.45) is 0 Å². The molecule has 24 heavy (non-hydrogen) atoms. The third-order valence-electron chi connectivity index (χ3n) is 3.54. The maximum absolute atomic E-state index is 12.1. The minimum absolute atomic E-state index is 0.0983. The van der Waals surface area contributed by atoms with Gasteiger partial charge < -0.3 is 4.74 Å². The van der Waals surface area contributed by atoms with E-state index < -0.39 is 5.97 Å². The van der Waals surface area contributed by atoms with Gasteiger partial charge in [0.25, 0.3) is 5.56 Å². The Labute approximate surface area is 137 Å². The summed E-state index contributed by atoms with van der Waals surface area (Å²) in [6, 6.07) is 13.1. The van der Waals surface area contributed by atoms with E-state index in [2.05, 4.69) is 4.98 Å². The number of aryl methyl sites for hydroxylation is 1. The molecule has 0 unspecified atom stereocenters. The van der Waals surface area contributed by atoms with Gasteiger partial charge in [0.2, 0.25) is 0 Å². The van der Waals surface area contributed by atoms with Crippen LogP contribution in [0.25, 0.3) is 5.65 Å². The summed E-state index contributed by atoms with van der Waals surface area (Å²) in [5.41, 5.74) is 2.35. The first-order valence-electron chi connectivity index (χ1n) is 7.23. The van der Waals surface area contributed by atoms with Gasteiger partial charge >= 0.3 is 5.97 Å². The zero-order chi connectivity index (χ0) is 17.1. The standard InChI is InChI=1S/C18H13N3O3/c1-12-3-2-8-21-16(22)9-15(20-17(12)21)11-24-18(23)14-6-4-13(10-19)5-7-14/h2-9H,11H2,1H3. The van der Waals surface area contributed by atoms with Crippen LogP contribution in [-0.2, 0) is 11.3 Å². The number of benzene rings is 1. The lowest BCUT2D eigenvalue weighted by Gasteiger charge is -2.07. The summed E-state index contributed by atoms with van der Waals surface area (Å²) in [5, 5.41) is 8.75. The average molecular weight is 319 g/mol. The van der Waals surface area contributed by atoms with E-state index in [0.29, 0.717) is 22.5 Å². The number of esters is 1. The lowest BCUT2D eigenvalue weighted by atomic mass is 10.1. The van der Waals surface area contributed by atoms with Crippen LogP contribution in [0.3, 0.4) is 0 Å². The van der Waals surface area contributed by atoms with Gasteiger partial charge in [-0.2, -0.15) is 5.26 Å². The summed E-state index contributed by atoms with van der Waals surface area (Å²) < 4.78 is 6.64. The Balaban J connectivity index is 1.80. The first kappa shape index (κ1) is 15.4. The maximum atomic E-state index is 12.1. The van der Waals surface area contributed by atoms with Crippen LogP contribution in [0.4, 0.5) is 0 Å². The number of hydrogen-bond donors (Lipinski definition) is 0. The second-order valence-corrected chi connectivity index (χ2v) is 5.24. The van der Waals surface area contributed by atoms with E-state index in [0.717, 1.165) is 5.56 Å². The Bertz CT molecular complexity index is 1010. The molecule has 0 aliphatic carbocycles. The molecule has 0 spiro atoms. The summed E-state index contributed by atoms with van der Waals surface area (Å²) in [6.45, 7) is 1.76. The molecule has 0 amide bonds. The normalized spacial score (nSPS) is 10.3. The van der Waals surface area contributed by atoms with Gasteiger partial charge in [-0.05, 0) is 42.8 Å². The quantitative estimate of drug-likeness (QED) is 0.691. The summed E-state index contributed by atoms with van der Waals surface area (Å²) >= 11 is 0. The van der Waals surface area contributed by atoms with Crippen molar-refractivity contribution in [1.29, 1.82) is 5.26 Å². The highest BCUT2D eigenvalue weighted by molar-refractivity contribution is 5.89. The lowest BCUT2D eigenvalue weighted by Crippen LogP contribution is -2.17. The summed E-state index contributed by atoms with van der Waals surface area (Å²) in [5.74, 6) is -0.536. The number of hydrogen-bond acceptors (Lipinski definition) is 5. The van der Waals surface area contributed by atoms with Crippen LogP contribution in [0.5, 0.6) is 0 Å². The SMILES string of the molecule is Cc1cccn2c(=O)cc(COC(=O)c3ccc(C#N)cc3)nc12. The van der Waals surface area contributed by atoms with Gasteiger partial charge in [0.15, 0.2) is 0 Å². The zero-order valence-corrected chi connectivity index (χ0v) is 12.9. The van der Waals surface area contributed by atoms with E-state index in [4.69, 9.17) is 10.00 Å². The second kappa shape index (κ2) is 6.34. The Morgan fingerprint density at radius 3 is 2.75 bits per heavy atom. The number of carbonyl (C=O) groups is 1. The van der Waals surface area contributed by atoms with Gasteiger partial charge in [-0.15, -0.1) is 0 Å². The molecule has 0 saturated heterocycles. The van der Waals surface area contributed by atoms with Crippen molar-refractivity contribution in [1.82, 2.24) is 9.38 Å². The monoisotopic (exact) mass is 319 g/mol. The Hall–Kier alpha value is -3.46. The Morgan fingerprint density at radius 2 is 2.04 bits per heavy atom. The van der Waals surface area contributed by atoms with Crippen LogP contribution >= 0.6 is 0 Å². The van der Waals surface area contributed by atoms with E-state index in [1.54, 1.807) is 24.4 Å². The van der Waals surface area contributed by atoms with Crippen molar-refractivity contribution in [3.05, 3.63) is 81.4 Å². The van der Waals surface area contributed by atoms with Crippen molar-refractivity contribution in [3.8, 4) is 6.07 Å². The highest BCUT2D eigenvalue weighted by Crippen LogP contribution is 2.09. The highest BCUT2D eigenvalue weighted by atomic mass is 16.5. The smallest absolute Gasteiger partial charge is 0.338 e. The van der Waals surface area contributed by atoms with Crippen molar-refractivity contribution in [2.45, 2.75) is 13.5 Å². The minimum Gasteiger partial charge on any atom is -0.456 e. The van der Waals surface area contributed by atoms with Crippen molar-refractivity contribution >= 4 is 11.6 Å². The molecule has 0 radical (unpaired) electrons. The Kier molecular flexibility index (Phi) is 4.08. The van der Waals surface area contributed by atoms with E-state index in [1.807, 2.05) is 19.1 Å². The fraction of sp³-hybridized carbons (Fsp3) is 0.111. The average Bonchev–Trinajstić information content (AvgIpc) is 2.60.